The number of rotatable bonds is 12. The Hall–Kier alpha value is -1.22. The van der Waals surface area contributed by atoms with E-state index in [1.54, 1.807) is 13.2 Å². The number of aliphatic hydroxyl groups is 1. The molecule has 22 heavy (non-hydrogen) atoms. The number of aromatic hydroxyl groups is 1. The Kier molecular flexibility index (Phi) is 9.72. The Morgan fingerprint density at radius 1 is 1.00 bits per heavy atom. The second-order valence-electron chi connectivity index (χ2n) is 6.11. The molecule has 0 aliphatic heterocycles. The van der Waals surface area contributed by atoms with Gasteiger partial charge in [-0.15, -0.1) is 0 Å². The smallest absolute Gasteiger partial charge is 0.160 e. The van der Waals surface area contributed by atoms with Gasteiger partial charge in [0.15, 0.2) is 11.5 Å². The van der Waals surface area contributed by atoms with Crippen LogP contribution in [-0.4, -0.2) is 23.4 Å². The molecule has 0 fully saturated rings. The molecule has 0 saturated heterocycles. The summed E-state index contributed by atoms with van der Waals surface area (Å²) in [5.74, 6) is 0.661. The summed E-state index contributed by atoms with van der Waals surface area (Å²) >= 11 is 0. The van der Waals surface area contributed by atoms with Crippen molar-refractivity contribution < 1.29 is 14.9 Å². The number of benzene rings is 1. The molecule has 1 aromatic carbocycles. The lowest BCUT2D eigenvalue weighted by atomic mass is 10.0. The van der Waals surface area contributed by atoms with Crippen molar-refractivity contribution in [3.05, 3.63) is 23.8 Å². The minimum Gasteiger partial charge on any atom is -0.504 e. The van der Waals surface area contributed by atoms with Gasteiger partial charge in [0.05, 0.1) is 13.2 Å². The molecule has 0 aliphatic rings. The molecular weight excluding hydrogens is 276 g/mol. The number of phenols is 1. The van der Waals surface area contributed by atoms with Gasteiger partial charge in [-0.1, -0.05) is 57.9 Å². The number of unbranched alkanes of at least 4 members (excludes halogenated alkanes) is 6. The fourth-order valence-electron chi connectivity index (χ4n) is 2.69. The van der Waals surface area contributed by atoms with Gasteiger partial charge in [0.25, 0.3) is 0 Å². The van der Waals surface area contributed by atoms with E-state index < -0.39 is 0 Å². The Morgan fingerprint density at radius 2 is 1.68 bits per heavy atom. The van der Waals surface area contributed by atoms with Crippen LogP contribution < -0.4 is 4.74 Å². The molecule has 1 aromatic rings. The van der Waals surface area contributed by atoms with Crippen molar-refractivity contribution >= 4 is 0 Å². The third-order valence-electron chi connectivity index (χ3n) is 4.15. The van der Waals surface area contributed by atoms with Gasteiger partial charge in [-0.3, -0.25) is 0 Å². The first-order valence-electron chi connectivity index (χ1n) is 8.71. The van der Waals surface area contributed by atoms with Crippen LogP contribution in [0.1, 0.15) is 70.3 Å². The normalized spacial score (nSPS) is 12.3. The van der Waals surface area contributed by atoms with Crippen molar-refractivity contribution in [3.63, 3.8) is 0 Å². The largest absolute Gasteiger partial charge is 0.504 e. The van der Waals surface area contributed by atoms with Crippen molar-refractivity contribution in [1.29, 1.82) is 0 Å². The second kappa shape index (κ2) is 11.4. The molecule has 126 valence electrons. The molecule has 2 N–H and O–H groups in total. The van der Waals surface area contributed by atoms with E-state index in [1.165, 1.54) is 38.5 Å². The first kappa shape index (κ1) is 18.8. The lowest BCUT2D eigenvalue weighted by Crippen LogP contribution is -2.07. The fraction of sp³-hybridized carbons (Fsp3) is 0.684. The van der Waals surface area contributed by atoms with E-state index in [0.29, 0.717) is 5.75 Å². The van der Waals surface area contributed by atoms with Gasteiger partial charge < -0.3 is 14.9 Å². The molecule has 0 aromatic heterocycles. The van der Waals surface area contributed by atoms with Crippen LogP contribution in [0.4, 0.5) is 0 Å². The van der Waals surface area contributed by atoms with Crippen LogP contribution in [0.25, 0.3) is 0 Å². The zero-order valence-corrected chi connectivity index (χ0v) is 14.2. The van der Waals surface area contributed by atoms with E-state index in [4.69, 9.17) is 4.74 Å². The van der Waals surface area contributed by atoms with Gasteiger partial charge in [0, 0.05) is 0 Å². The number of ether oxygens (including phenoxy) is 1. The van der Waals surface area contributed by atoms with Gasteiger partial charge in [-0.25, -0.2) is 0 Å². The second-order valence-corrected chi connectivity index (χ2v) is 6.11. The summed E-state index contributed by atoms with van der Waals surface area (Å²) in [6, 6.07) is 5.38. The van der Waals surface area contributed by atoms with Crippen molar-refractivity contribution in [2.24, 2.45) is 0 Å². The molecular formula is C19H32O3. The van der Waals surface area contributed by atoms with Crippen molar-refractivity contribution in [1.82, 2.24) is 0 Å². The highest BCUT2D eigenvalue weighted by Crippen LogP contribution is 2.27. The summed E-state index contributed by atoms with van der Waals surface area (Å²) in [5, 5.41) is 19.6. The van der Waals surface area contributed by atoms with Crippen molar-refractivity contribution in [3.8, 4) is 11.5 Å². The molecule has 3 nitrogen and oxygen atoms in total. The number of aryl methyl sites for hydroxylation is 1. The van der Waals surface area contributed by atoms with Gasteiger partial charge in [-0.05, 0) is 37.0 Å². The molecule has 0 heterocycles. The maximum Gasteiger partial charge on any atom is 0.160 e. The Morgan fingerprint density at radius 3 is 2.36 bits per heavy atom. The molecule has 0 amide bonds. The Labute approximate surface area is 135 Å². The minimum atomic E-state index is -0.226. The van der Waals surface area contributed by atoms with Crippen LogP contribution in [0.15, 0.2) is 18.2 Å². The van der Waals surface area contributed by atoms with Gasteiger partial charge in [0.2, 0.25) is 0 Å². The van der Waals surface area contributed by atoms with E-state index in [2.05, 4.69) is 6.92 Å². The lowest BCUT2D eigenvalue weighted by molar-refractivity contribution is 0.151. The molecule has 0 saturated carbocycles. The first-order valence-corrected chi connectivity index (χ1v) is 8.71. The van der Waals surface area contributed by atoms with Gasteiger partial charge in [-0.2, -0.15) is 0 Å². The highest BCUT2D eigenvalue weighted by Gasteiger charge is 2.07. The summed E-state index contributed by atoms with van der Waals surface area (Å²) in [5.41, 5.74) is 1.09. The van der Waals surface area contributed by atoms with Crippen LogP contribution in [0.5, 0.6) is 11.5 Å². The standard InChI is InChI=1S/C19H32O3/c1-3-4-5-6-7-8-9-10-17(20)13-11-16-12-14-18(21)19(15-16)22-2/h12,14-15,17,20-21H,3-11,13H2,1-2H3. The number of methoxy groups -OCH3 is 1. The summed E-state index contributed by atoms with van der Waals surface area (Å²) in [4.78, 5) is 0. The van der Waals surface area contributed by atoms with Gasteiger partial charge >= 0.3 is 0 Å². The van der Waals surface area contributed by atoms with Crippen LogP contribution in [-0.2, 0) is 6.42 Å². The third-order valence-corrected chi connectivity index (χ3v) is 4.15. The van der Waals surface area contributed by atoms with Crippen molar-refractivity contribution in [2.45, 2.75) is 77.2 Å². The summed E-state index contributed by atoms with van der Waals surface area (Å²) in [6.07, 6.45) is 11.2. The average Bonchev–Trinajstić information content (AvgIpc) is 2.53. The molecule has 0 spiro atoms. The summed E-state index contributed by atoms with van der Waals surface area (Å²) in [7, 11) is 1.55. The Bertz CT molecular complexity index is 404. The molecule has 1 atom stereocenters. The van der Waals surface area contributed by atoms with E-state index >= 15 is 0 Å². The molecule has 0 bridgehead atoms. The van der Waals surface area contributed by atoms with Crippen LogP contribution in [0.3, 0.4) is 0 Å². The highest BCUT2D eigenvalue weighted by molar-refractivity contribution is 5.41. The monoisotopic (exact) mass is 308 g/mol. The summed E-state index contributed by atoms with van der Waals surface area (Å²) in [6.45, 7) is 2.24. The number of aliphatic hydroxyl groups excluding tert-OH is 1. The maximum absolute atomic E-state index is 10.1. The predicted molar refractivity (Wildman–Crippen MR) is 91.6 cm³/mol. The molecule has 0 aliphatic carbocycles. The molecule has 1 unspecified atom stereocenters. The number of phenolic OH excluding ortho intramolecular Hbond substituents is 1. The van der Waals surface area contributed by atoms with E-state index in [9.17, 15) is 10.2 Å². The molecule has 3 heteroatoms. The SMILES string of the molecule is CCCCCCCCCC(O)CCc1ccc(O)c(OC)c1. The quantitative estimate of drug-likeness (QED) is 0.543. The average molecular weight is 308 g/mol. The third kappa shape index (κ3) is 7.69. The fourth-order valence-corrected chi connectivity index (χ4v) is 2.69. The van der Waals surface area contributed by atoms with E-state index in [-0.39, 0.29) is 11.9 Å². The molecule has 1 rings (SSSR count). The predicted octanol–water partition coefficient (Wildman–Crippen LogP) is 4.84. The van der Waals surface area contributed by atoms with Gasteiger partial charge in [0.1, 0.15) is 0 Å². The van der Waals surface area contributed by atoms with E-state index in [0.717, 1.165) is 31.2 Å². The van der Waals surface area contributed by atoms with Crippen LogP contribution in [0, 0.1) is 0 Å². The van der Waals surface area contributed by atoms with Crippen molar-refractivity contribution in [2.75, 3.05) is 7.11 Å². The topological polar surface area (TPSA) is 49.7 Å². The maximum atomic E-state index is 10.1. The molecule has 0 radical (unpaired) electrons. The van der Waals surface area contributed by atoms with Crippen LogP contribution >= 0.6 is 0 Å². The minimum absolute atomic E-state index is 0.162. The highest BCUT2D eigenvalue weighted by atomic mass is 16.5. The zero-order valence-electron chi connectivity index (χ0n) is 14.2. The number of hydrogen-bond acceptors (Lipinski definition) is 3. The lowest BCUT2D eigenvalue weighted by Gasteiger charge is -2.11. The van der Waals surface area contributed by atoms with Crippen LogP contribution in [0.2, 0.25) is 0 Å². The number of hydrogen-bond donors (Lipinski definition) is 2. The Balaban J connectivity index is 2.14. The summed E-state index contributed by atoms with van der Waals surface area (Å²) < 4.78 is 5.10. The zero-order chi connectivity index (χ0) is 16.2. The first-order chi connectivity index (χ1) is 10.7. The van der Waals surface area contributed by atoms with E-state index in [1.807, 2.05) is 12.1 Å².